The Labute approximate surface area is 139 Å². The third kappa shape index (κ3) is 3.23. The molecule has 1 nitrogen and oxygen atoms in total. The average Bonchev–Trinajstić information content (AvgIpc) is 2.54. The van der Waals surface area contributed by atoms with Gasteiger partial charge in [-0.3, -0.25) is 0 Å². The minimum Gasteiger partial charge on any atom is -0.339 e. The number of alkyl halides is 3. The lowest BCUT2D eigenvalue weighted by molar-refractivity contribution is -0.137. The van der Waals surface area contributed by atoms with Crippen molar-refractivity contribution in [3.05, 3.63) is 72.3 Å². The maximum atomic E-state index is 12.8. The van der Waals surface area contributed by atoms with Crippen molar-refractivity contribution in [1.29, 1.82) is 0 Å². The number of fused-ring (bicyclic) bond motifs is 1. The van der Waals surface area contributed by atoms with Gasteiger partial charge in [-0.05, 0) is 61.0 Å². The van der Waals surface area contributed by atoms with Crippen LogP contribution in [-0.2, 0) is 6.18 Å². The van der Waals surface area contributed by atoms with E-state index >= 15 is 0 Å². The highest BCUT2D eigenvalue weighted by Crippen LogP contribution is 2.34. The second kappa shape index (κ2) is 6.19. The molecule has 0 heterocycles. The summed E-state index contributed by atoms with van der Waals surface area (Å²) in [5.74, 6) is 0. The third-order valence-electron chi connectivity index (χ3n) is 4.00. The lowest BCUT2D eigenvalue weighted by Crippen LogP contribution is -2.25. The molecular weight excluding hydrogens is 311 g/mol. The summed E-state index contributed by atoms with van der Waals surface area (Å²) in [6.07, 6.45) is -4.32. The molecule has 0 saturated heterocycles. The Bertz CT molecular complexity index is 835. The van der Waals surface area contributed by atoms with E-state index in [9.17, 15) is 13.2 Å². The molecule has 3 aromatic carbocycles. The molecule has 3 aromatic rings. The van der Waals surface area contributed by atoms with Gasteiger partial charge >= 0.3 is 6.18 Å². The molecule has 0 unspecified atom stereocenters. The molecule has 0 atom stereocenters. The van der Waals surface area contributed by atoms with E-state index in [1.54, 1.807) is 0 Å². The minimum atomic E-state index is -4.32. The molecule has 0 bridgehead atoms. The van der Waals surface area contributed by atoms with Crippen LogP contribution >= 0.6 is 0 Å². The van der Waals surface area contributed by atoms with Crippen molar-refractivity contribution in [3.8, 4) is 0 Å². The number of halogens is 3. The first-order valence-corrected chi connectivity index (χ1v) is 7.81. The minimum absolute atomic E-state index is 0.114. The van der Waals surface area contributed by atoms with Gasteiger partial charge in [0.1, 0.15) is 0 Å². The Hall–Kier alpha value is -2.49. The largest absolute Gasteiger partial charge is 0.416 e. The van der Waals surface area contributed by atoms with Crippen LogP contribution in [0.1, 0.15) is 19.4 Å². The SMILES string of the molecule is CC(C)N(c1ccc(C(F)(F)F)cc1)c1ccc2ccccc2c1. The van der Waals surface area contributed by atoms with Gasteiger partial charge < -0.3 is 4.90 Å². The predicted octanol–water partition coefficient (Wildman–Crippen LogP) is 6.41. The van der Waals surface area contributed by atoms with Gasteiger partial charge in [-0.25, -0.2) is 0 Å². The van der Waals surface area contributed by atoms with Gasteiger partial charge in [0.2, 0.25) is 0 Å². The van der Waals surface area contributed by atoms with Gasteiger partial charge in [-0.15, -0.1) is 0 Å². The van der Waals surface area contributed by atoms with Crippen LogP contribution in [0, 0.1) is 0 Å². The van der Waals surface area contributed by atoms with Gasteiger partial charge in [-0.2, -0.15) is 13.2 Å². The van der Waals surface area contributed by atoms with Crippen LogP contribution in [0.3, 0.4) is 0 Å². The molecule has 0 aromatic heterocycles. The van der Waals surface area contributed by atoms with E-state index in [0.717, 1.165) is 34.3 Å². The van der Waals surface area contributed by atoms with E-state index in [1.165, 1.54) is 12.1 Å². The van der Waals surface area contributed by atoms with Gasteiger partial charge in [0.15, 0.2) is 0 Å². The zero-order valence-corrected chi connectivity index (χ0v) is 13.5. The number of benzene rings is 3. The van der Waals surface area contributed by atoms with Crippen molar-refractivity contribution in [3.63, 3.8) is 0 Å². The molecule has 0 aliphatic carbocycles. The molecular formula is C20H18F3N. The fraction of sp³-hybridized carbons (Fsp3) is 0.200. The highest BCUT2D eigenvalue weighted by Gasteiger charge is 2.30. The Balaban J connectivity index is 2.02. The summed E-state index contributed by atoms with van der Waals surface area (Å²) in [7, 11) is 0. The van der Waals surface area contributed by atoms with E-state index in [1.807, 2.05) is 55.1 Å². The van der Waals surface area contributed by atoms with Crippen molar-refractivity contribution >= 4 is 22.1 Å². The summed E-state index contributed by atoms with van der Waals surface area (Å²) >= 11 is 0. The molecule has 0 aliphatic rings. The molecule has 4 heteroatoms. The Morgan fingerprint density at radius 2 is 1.33 bits per heavy atom. The third-order valence-corrected chi connectivity index (χ3v) is 4.00. The average molecular weight is 329 g/mol. The van der Waals surface area contributed by atoms with Crippen molar-refractivity contribution in [2.24, 2.45) is 0 Å². The van der Waals surface area contributed by atoms with E-state index in [-0.39, 0.29) is 6.04 Å². The topological polar surface area (TPSA) is 3.24 Å². The Morgan fingerprint density at radius 1 is 0.750 bits per heavy atom. The monoisotopic (exact) mass is 329 g/mol. The zero-order chi connectivity index (χ0) is 17.3. The molecule has 0 aliphatic heterocycles. The lowest BCUT2D eigenvalue weighted by atomic mass is 10.1. The zero-order valence-electron chi connectivity index (χ0n) is 13.5. The molecule has 0 fully saturated rings. The normalized spacial score (nSPS) is 11.9. The van der Waals surface area contributed by atoms with Crippen LogP contribution < -0.4 is 4.90 Å². The smallest absolute Gasteiger partial charge is 0.339 e. The standard InChI is InChI=1S/C20H18F3N/c1-14(2)24(18-11-8-17(9-12-18)20(21,22)23)19-10-7-15-5-3-4-6-16(15)13-19/h3-14H,1-2H3. The molecule has 0 spiro atoms. The highest BCUT2D eigenvalue weighted by molar-refractivity contribution is 5.87. The van der Waals surface area contributed by atoms with Crippen molar-refractivity contribution in [2.75, 3.05) is 4.90 Å². The highest BCUT2D eigenvalue weighted by atomic mass is 19.4. The summed E-state index contributed by atoms with van der Waals surface area (Å²) in [6.45, 7) is 4.04. The Kier molecular flexibility index (Phi) is 4.22. The predicted molar refractivity (Wildman–Crippen MR) is 92.7 cm³/mol. The first-order valence-electron chi connectivity index (χ1n) is 7.81. The first kappa shape index (κ1) is 16.4. The van der Waals surface area contributed by atoms with Crippen LogP contribution in [0.15, 0.2) is 66.7 Å². The number of anilines is 2. The number of hydrogen-bond acceptors (Lipinski definition) is 1. The molecule has 0 saturated carbocycles. The Morgan fingerprint density at radius 3 is 1.92 bits per heavy atom. The fourth-order valence-electron chi connectivity index (χ4n) is 2.88. The second-order valence-corrected chi connectivity index (χ2v) is 6.04. The summed E-state index contributed by atoms with van der Waals surface area (Å²) in [5.41, 5.74) is 1.07. The van der Waals surface area contributed by atoms with Crippen LogP contribution in [0.25, 0.3) is 10.8 Å². The van der Waals surface area contributed by atoms with Crippen molar-refractivity contribution in [1.82, 2.24) is 0 Å². The molecule has 3 rings (SSSR count). The maximum absolute atomic E-state index is 12.8. The molecule has 24 heavy (non-hydrogen) atoms. The first-order chi connectivity index (χ1) is 11.4. The van der Waals surface area contributed by atoms with Gasteiger partial charge in [0, 0.05) is 17.4 Å². The van der Waals surface area contributed by atoms with E-state index in [2.05, 4.69) is 6.07 Å². The molecule has 0 amide bonds. The van der Waals surface area contributed by atoms with Gasteiger partial charge in [0.25, 0.3) is 0 Å². The molecule has 0 N–H and O–H groups in total. The summed E-state index contributed by atoms with van der Waals surface area (Å²) in [6, 6.07) is 19.6. The van der Waals surface area contributed by atoms with Crippen molar-refractivity contribution in [2.45, 2.75) is 26.1 Å². The molecule has 124 valence electrons. The fourth-order valence-corrected chi connectivity index (χ4v) is 2.88. The molecule has 0 radical (unpaired) electrons. The summed E-state index contributed by atoms with van der Waals surface area (Å²) in [4.78, 5) is 2.03. The van der Waals surface area contributed by atoms with Crippen LogP contribution in [-0.4, -0.2) is 6.04 Å². The van der Waals surface area contributed by atoms with Crippen LogP contribution in [0.2, 0.25) is 0 Å². The number of nitrogens with zero attached hydrogens (tertiary/aromatic N) is 1. The van der Waals surface area contributed by atoms with Gasteiger partial charge in [0.05, 0.1) is 5.56 Å². The summed E-state index contributed by atoms with van der Waals surface area (Å²) < 4.78 is 38.3. The van der Waals surface area contributed by atoms with Crippen LogP contribution in [0.5, 0.6) is 0 Å². The van der Waals surface area contributed by atoms with E-state index in [4.69, 9.17) is 0 Å². The number of hydrogen-bond donors (Lipinski definition) is 0. The van der Waals surface area contributed by atoms with Crippen LogP contribution in [0.4, 0.5) is 24.5 Å². The lowest BCUT2D eigenvalue weighted by Gasteiger charge is -2.29. The second-order valence-electron chi connectivity index (χ2n) is 6.04. The maximum Gasteiger partial charge on any atom is 0.416 e. The van der Waals surface area contributed by atoms with Gasteiger partial charge in [-0.1, -0.05) is 30.3 Å². The number of rotatable bonds is 3. The summed E-state index contributed by atoms with van der Waals surface area (Å²) in [5, 5.41) is 2.24. The van der Waals surface area contributed by atoms with Crippen molar-refractivity contribution < 1.29 is 13.2 Å². The quantitative estimate of drug-likeness (QED) is 0.537. The van der Waals surface area contributed by atoms with E-state index < -0.39 is 11.7 Å². The van der Waals surface area contributed by atoms with E-state index in [0.29, 0.717) is 0 Å².